The molecule has 1 aliphatic heterocycles. The number of hydrogen-bond acceptors (Lipinski definition) is 3. The third-order valence-electron chi connectivity index (χ3n) is 4.81. The van der Waals surface area contributed by atoms with E-state index in [0.717, 1.165) is 37.7 Å². The molecule has 0 spiro atoms. The molecule has 0 unspecified atom stereocenters. The van der Waals surface area contributed by atoms with Gasteiger partial charge in [-0.15, -0.1) is 0 Å². The standard InChI is InChI=1S/C17H21N3/c18-11-16-15(13-3-4-13)9-14(12-1-2-12)10-17(16)20-7-5-19-6-8-20/h9-10,12-13,19H,1-8H2. The highest BCUT2D eigenvalue weighted by Crippen LogP contribution is 2.48. The third-order valence-corrected chi connectivity index (χ3v) is 4.81. The number of benzene rings is 1. The van der Waals surface area contributed by atoms with Crippen LogP contribution in [-0.4, -0.2) is 26.2 Å². The minimum absolute atomic E-state index is 0.657. The summed E-state index contributed by atoms with van der Waals surface area (Å²) in [4.78, 5) is 2.41. The lowest BCUT2D eigenvalue weighted by atomic mass is 9.96. The van der Waals surface area contributed by atoms with Crippen LogP contribution in [0.2, 0.25) is 0 Å². The second-order valence-electron chi connectivity index (χ2n) is 6.40. The van der Waals surface area contributed by atoms with Crippen molar-refractivity contribution in [3.8, 4) is 6.07 Å². The van der Waals surface area contributed by atoms with Crippen LogP contribution in [-0.2, 0) is 0 Å². The highest BCUT2D eigenvalue weighted by molar-refractivity contribution is 5.66. The maximum Gasteiger partial charge on any atom is 0.102 e. The quantitative estimate of drug-likeness (QED) is 0.915. The fraction of sp³-hybridized carbons (Fsp3) is 0.588. The number of nitrogens with zero attached hydrogens (tertiary/aromatic N) is 2. The van der Waals surface area contributed by atoms with Crippen LogP contribution in [0.25, 0.3) is 0 Å². The molecule has 104 valence electrons. The second kappa shape index (κ2) is 4.79. The van der Waals surface area contributed by atoms with E-state index in [1.54, 1.807) is 0 Å². The Morgan fingerprint density at radius 2 is 1.75 bits per heavy atom. The molecule has 3 heteroatoms. The summed E-state index contributed by atoms with van der Waals surface area (Å²) in [5, 5.41) is 13.1. The molecule has 0 radical (unpaired) electrons. The van der Waals surface area contributed by atoms with Gasteiger partial charge in [0.1, 0.15) is 6.07 Å². The Morgan fingerprint density at radius 1 is 1.05 bits per heavy atom. The molecule has 3 nitrogen and oxygen atoms in total. The lowest BCUT2D eigenvalue weighted by molar-refractivity contribution is 0.588. The average Bonchev–Trinajstić information content (AvgIpc) is 3.39. The molecule has 1 saturated heterocycles. The molecule has 0 bridgehead atoms. The lowest BCUT2D eigenvalue weighted by Gasteiger charge is -2.31. The molecular formula is C17H21N3. The van der Waals surface area contributed by atoms with Crippen LogP contribution < -0.4 is 10.2 Å². The van der Waals surface area contributed by atoms with Crippen molar-refractivity contribution in [1.82, 2.24) is 5.32 Å². The molecule has 3 aliphatic rings. The van der Waals surface area contributed by atoms with Gasteiger partial charge in [-0.3, -0.25) is 0 Å². The number of hydrogen-bond donors (Lipinski definition) is 1. The van der Waals surface area contributed by atoms with Crippen LogP contribution in [0.4, 0.5) is 5.69 Å². The van der Waals surface area contributed by atoms with Gasteiger partial charge in [0.05, 0.1) is 11.3 Å². The molecule has 1 heterocycles. The third kappa shape index (κ3) is 2.19. The van der Waals surface area contributed by atoms with Crippen molar-refractivity contribution in [3.05, 3.63) is 28.8 Å². The van der Waals surface area contributed by atoms with E-state index in [0.29, 0.717) is 5.92 Å². The van der Waals surface area contributed by atoms with Crippen molar-refractivity contribution in [2.24, 2.45) is 0 Å². The monoisotopic (exact) mass is 267 g/mol. The van der Waals surface area contributed by atoms with Gasteiger partial charge in [0.25, 0.3) is 0 Å². The molecule has 2 saturated carbocycles. The fourth-order valence-corrected chi connectivity index (χ4v) is 3.32. The molecule has 0 amide bonds. The minimum Gasteiger partial charge on any atom is -0.368 e. The van der Waals surface area contributed by atoms with Gasteiger partial charge in [-0.25, -0.2) is 0 Å². The largest absolute Gasteiger partial charge is 0.368 e. The number of nitrogens with one attached hydrogen (secondary N) is 1. The lowest BCUT2D eigenvalue weighted by Crippen LogP contribution is -2.44. The summed E-state index contributed by atoms with van der Waals surface area (Å²) in [6.45, 7) is 4.09. The number of nitriles is 1. The van der Waals surface area contributed by atoms with Crippen LogP contribution in [0.5, 0.6) is 0 Å². The smallest absolute Gasteiger partial charge is 0.102 e. The first-order chi connectivity index (χ1) is 9.86. The summed E-state index contributed by atoms with van der Waals surface area (Å²) < 4.78 is 0. The molecule has 0 atom stereocenters. The van der Waals surface area contributed by atoms with Gasteiger partial charge in [-0.05, 0) is 54.7 Å². The van der Waals surface area contributed by atoms with E-state index in [-0.39, 0.29) is 0 Å². The maximum absolute atomic E-state index is 9.66. The fourth-order valence-electron chi connectivity index (χ4n) is 3.32. The summed E-state index contributed by atoms with van der Waals surface area (Å²) >= 11 is 0. The summed E-state index contributed by atoms with van der Waals surface area (Å²) in [5.74, 6) is 1.42. The first-order valence-corrected chi connectivity index (χ1v) is 7.90. The van der Waals surface area contributed by atoms with Crippen LogP contribution in [0, 0.1) is 11.3 Å². The summed E-state index contributed by atoms with van der Waals surface area (Å²) in [5.41, 5.74) is 4.99. The number of anilines is 1. The second-order valence-corrected chi connectivity index (χ2v) is 6.40. The Hall–Kier alpha value is -1.53. The van der Waals surface area contributed by atoms with E-state index >= 15 is 0 Å². The normalized spacial score (nSPS) is 22.6. The van der Waals surface area contributed by atoms with Crippen LogP contribution >= 0.6 is 0 Å². The number of piperazine rings is 1. The van der Waals surface area contributed by atoms with E-state index in [1.807, 2.05) is 0 Å². The molecule has 1 aromatic rings. The van der Waals surface area contributed by atoms with Crippen molar-refractivity contribution in [2.45, 2.75) is 37.5 Å². The van der Waals surface area contributed by atoms with Gasteiger partial charge in [0.2, 0.25) is 0 Å². The van der Waals surface area contributed by atoms with Crippen molar-refractivity contribution in [2.75, 3.05) is 31.1 Å². The van der Waals surface area contributed by atoms with Gasteiger partial charge < -0.3 is 10.2 Å². The predicted octanol–water partition coefficient (Wildman–Crippen LogP) is 2.72. The van der Waals surface area contributed by atoms with Gasteiger partial charge in [-0.1, -0.05) is 6.07 Å². The van der Waals surface area contributed by atoms with Crippen LogP contribution in [0.1, 0.15) is 54.2 Å². The van der Waals surface area contributed by atoms with Crippen LogP contribution in [0.3, 0.4) is 0 Å². The molecule has 20 heavy (non-hydrogen) atoms. The predicted molar refractivity (Wildman–Crippen MR) is 80.2 cm³/mol. The van der Waals surface area contributed by atoms with Crippen molar-refractivity contribution >= 4 is 5.69 Å². The summed E-state index contributed by atoms with van der Waals surface area (Å²) in [6, 6.07) is 7.17. The first-order valence-electron chi connectivity index (χ1n) is 7.90. The maximum atomic E-state index is 9.66. The zero-order valence-corrected chi connectivity index (χ0v) is 11.9. The Bertz CT molecular complexity index is 558. The summed E-state index contributed by atoms with van der Waals surface area (Å²) in [7, 11) is 0. The van der Waals surface area contributed by atoms with Gasteiger partial charge in [0.15, 0.2) is 0 Å². The Labute approximate surface area is 120 Å². The van der Waals surface area contributed by atoms with E-state index in [4.69, 9.17) is 0 Å². The summed E-state index contributed by atoms with van der Waals surface area (Å²) in [6.07, 6.45) is 5.20. The zero-order chi connectivity index (χ0) is 13.5. The SMILES string of the molecule is N#Cc1c(C2CC2)cc(C2CC2)cc1N1CCNCC1. The van der Waals surface area contributed by atoms with E-state index in [1.165, 1.54) is 42.5 Å². The Balaban J connectivity index is 1.79. The van der Waals surface area contributed by atoms with Crippen molar-refractivity contribution < 1.29 is 0 Å². The first kappa shape index (κ1) is 12.2. The molecular weight excluding hydrogens is 246 g/mol. The van der Waals surface area contributed by atoms with Gasteiger partial charge in [0, 0.05) is 26.2 Å². The highest BCUT2D eigenvalue weighted by atomic mass is 15.2. The minimum atomic E-state index is 0.657. The molecule has 1 N–H and O–H groups in total. The zero-order valence-electron chi connectivity index (χ0n) is 11.9. The number of rotatable bonds is 3. The van der Waals surface area contributed by atoms with E-state index < -0.39 is 0 Å². The molecule has 3 fully saturated rings. The Morgan fingerprint density at radius 3 is 2.35 bits per heavy atom. The Kier molecular flexibility index (Phi) is 2.93. The van der Waals surface area contributed by atoms with Gasteiger partial charge in [-0.2, -0.15) is 5.26 Å². The molecule has 1 aromatic carbocycles. The molecule has 4 rings (SSSR count). The average molecular weight is 267 g/mol. The molecule has 2 aliphatic carbocycles. The van der Waals surface area contributed by atoms with E-state index in [9.17, 15) is 5.26 Å². The highest BCUT2D eigenvalue weighted by Gasteiger charge is 2.32. The van der Waals surface area contributed by atoms with Crippen molar-refractivity contribution in [3.63, 3.8) is 0 Å². The molecule has 0 aromatic heterocycles. The van der Waals surface area contributed by atoms with Gasteiger partial charge >= 0.3 is 0 Å². The van der Waals surface area contributed by atoms with E-state index in [2.05, 4.69) is 28.4 Å². The van der Waals surface area contributed by atoms with Crippen molar-refractivity contribution in [1.29, 1.82) is 5.26 Å². The van der Waals surface area contributed by atoms with Crippen LogP contribution in [0.15, 0.2) is 12.1 Å². The topological polar surface area (TPSA) is 39.1 Å².